The first-order valence-corrected chi connectivity index (χ1v) is 5.23. The Morgan fingerprint density at radius 3 is 3.21 bits per heavy atom. The molecule has 14 heavy (non-hydrogen) atoms. The van der Waals surface area contributed by atoms with Gasteiger partial charge in [0.25, 0.3) is 0 Å². The van der Waals surface area contributed by atoms with Crippen molar-refractivity contribution in [2.75, 3.05) is 25.4 Å². The summed E-state index contributed by atoms with van der Waals surface area (Å²) < 4.78 is 5.19. The van der Waals surface area contributed by atoms with Crippen LogP contribution in [0.2, 0.25) is 0 Å². The standard InChI is InChI=1S/C10H17N3O/c1-2-13-5-3-4-8(7-13)10-9(11)6-12-14-10/h6,8H,2-5,7,11H2,1H3. The maximum absolute atomic E-state index is 5.78. The minimum Gasteiger partial charge on any atom is -0.395 e. The molecule has 0 saturated carbocycles. The summed E-state index contributed by atoms with van der Waals surface area (Å²) in [4.78, 5) is 2.43. The Kier molecular flexibility index (Phi) is 2.72. The fraction of sp³-hybridized carbons (Fsp3) is 0.700. The number of aromatic nitrogens is 1. The Labute approximate surface area is 84.0 Å². The Morgan fingerprint density at radius 2 is 2.57 bits per heavy atom. The van der Waals surface area contributed by atoms with Crippen LogP contribution in [-0.2, 0) is 0 Å². The van der Waals surface area contributed by atoms with E-state index in [0.29, 0.717) is 11.6 Å². The molecule has 0 bridgehead atoms. The summed E-state index contributed by atoms with van der Waals surface area (Å²) in [6.45, 7) is 5.54. The number of hydrogen-bond acceptors (Lipinski definition) is 4. The van der Waals surface area contributed by atoms with Crippen molar-refractivity contribution in [1.82, 2.24) is 10.1 Å². The molecule has 1 atom stereocenters. The summed E-state index contributed by atoms with van der Waals surface area (Å²) in [5, 5.41) is 3.73. The van der Waals surface area contributed by atoms with Gasteiger partial charge in [-0.05, 0) is 25.9 Å². The quantitative estimate of drug-likeness (QED) is 0.776. The van der Waals surface area contributed by atoms with E-state index in [2.05, 4.69) is 17.0 Å². The van der Waals surface area contributed by atoms with Gasteiger partial charge in [0.05, 0.1) is 11.9 Å². The third-order valence-corrected chi connectivity index (χ3v) is 2.95. The minimum atomic E-state index is 0.436. The number of nitrogens with zero attached hydrogens (tertiary/aromatic N) is 2. The van der Waals surface area contributed by atoms with Gasteiger partial charge in [0.15, 0.2) is 5.76 Å². The molecule has 1 fully saturated rings. The van der Waals surface area contributed by atoms with E-state index < -0.39 is 0 Å². The topological polar surface area (TPSA) is 55.3 Å². The molecule has 4 heteroatoms. The van der Waals surface area contributed by atoms with Gasteiger partial charge in [-0.3, -0.25) is 0 Å². The molecule has 1 saturated heterocycles. The monoisotopic (exact) mass is 195 g/mol. The molecule has 1 unspecified atom stereocenters. The number of nitrogen functional groups attached to an aromatic ring is 1. The molecule has 0 radical (unpaired) electrons. The van der Waals surface area contributed by atoms with E-state index in [1.807, 2.05) is 0 Å². The summed E-state index contributed by atoms with van der Waals surface area (Å²) >= 11 is 0. The van der Waals surface area contributed by atoms with Crippen LogP contribution in [0.1, 0.15) is 31.4 Å². The smallest absolute Gasteiger partial charge is 0.163 e. The third-order valence-electron chi connectivity index (χ3n) is 2.95. The van der Waals surface area contributed by atoms with Gasteiger partial charge in [-0.15, -0.1) is 0 Å². The SMILES string of the molecule is CCN1CCCC(c2oncc2N)C1. The summed E-state index contributed by atoms with van der Waals surface area (Å²) in [5.41, 5.74) is 6.49. The van der Waals surface area contributed by atoms with E-state index >= 15 is 0 Å². The van der Waals surface area contributed by atoms with Crippen LogP contribution in [0.3, 0.4) is 0 Å². The van der Waals surface area contributed by atoms with Crippen LogP contribution in [0.15, 0.2) is 10.7 Å². The Hall–Kier alpha value is -1.03. The normalized spacial score (nSPS) is 23.9. The van der Waals surface area contributed by atoms with Crippen LogP contribution in [0, 0.1) is 0 Å². The fourth-order valence-electron chi connectivity index (χ4n) is 2.12. The van der Waals surface area contributed by atoms with Gasteiger partial charge >= 0.3 is 0 Å². The lowest BCUT2D eigenvalue weighted by Gasteiger charge is -2.30. The van der Waals surface area contributed by atoms with Gasteiger partial charge < -0.3 is 15.2 Å². The first-order chi connectivity index (χ1) is 6.81. The molecular formula is C10H17N3O. The maximum Gasteiger partial charge on any atom is 0.163 e. The van der Waals surface area contributed by atoms with Gasteiger partial charge in [0.1, 0.15) is 0 Å². The number of likely N-dealkylation sites (tertiary alicyclic amines) is 1. The molecule has 1 aromatic rings. The Bertz CT molecular complexity index is 297. The van der Waals surface area contributed by atoms with Crippen molar-refractivity contribution in [1.29, 1.82) is 0 Å². The van der Waals surface area contributed by atoms with Crippen LogP contribution in [0.4, 0.5) is 5.69 Å². The molecule has 2 heterocycles. The summed E-state index contributed by atoms with van der Waals surface area (Å²) in [6, 6.07) is 0. The molecule has 0 spiro atoms. The van der Waals surface area contributed by atoms with Crippen molar-refractivity contribution in [2.45, 2.75) is 25.7 Å². The number of nitrogens with two attached hydrogens (primary N) is 1. The average Bonchev–Trinajstić information content (AvgIpc) is 2.65. The number of anilines is 1. The number of likely N-dealkylation sites (N-methyl/N-ethyl adjacent to an activating group) is 1. The Morgan fingerprint density at radius 1 is 1.71 bits per heavy atom. The predicted molar refractivity (Wildman–Crippen MR) is 55.0 cm³/mol. The molecule has 1 aliphatic heterocycles. The molecule has 1 aliphatic rings. The molecule has 1 aromatic heterocycles. The zero-order valence-corrected chi connectivity index (χ0v) is 8.57. The zero-order chi connectivity index (χ0) is 9.97. The number of hydrogen-bond donors (Lipinski definition) is 1. The second-order valence-electron chi connectivity index (χ2n) is 3.88. The highest BCUT2D eigenvalue weighted by Gasteiger charge is 2.24. The van der Waals surface area contributed by atoms with Crippen molar-refractivity contribution < 1.29 is 4.52 Å². The largest absolute Gasteiger partial charge is 0.395 e. The van der Waals surface area contributed by atoms with Crippen molar-refractivity contribution in [2.24, 2.45) is 0 Å². The van der Waals surface area contributed by atoms with Crippen LogP contribution < -0.4 is 5.73 Å². The van der Waals surface area contributed by atoms with Crippen LogP contribution in [0.25, 0.3) is 0 Å². The van der Waals surface area contributed by atoms with Crippen molar-refractivity contribution in [3.8, 4) is 0 Å². The van der Waals surface area contributed by atoms with E-state index in [1.54, 1.807) is 6.20 Å². The minimum absolute atomic E-state index is 0.436. The Balaban J connectivity index is 2.08. The van der Waals surface area contributed by atoms with E-state index in [9.17, 15) is 0 Å². The molecule has 2 N–H and O–H groups in total. The first kappa shape index (κ1) is 9.52. The lowest BCUT2D eigenvalue weighted by molar-refractivity contribution is 0.198. The van der Waals surface area contributed by atoms with E-state index in [-0.39, 0.29) is 0 Å². The van der Waals surface area contributed by atoms with Crippen molar-refractivity contribution >= 4 is 5.69 Å². The fourth-order valence-corrected chi connectivity index (χ4v) is 2.12. The van der Waals surface area contributed by atoms with E-state index in [0.717, 1.165) is 25.3 Å². The molecule has 4 nitrogen and oxygen atoms in total. The molecule has 0 amide bonds. The van der Waals surface area contributed by atoms with Gasteiger partial charge in [-0.25, -0.2) is 0 Å². The summed E-state index contributed by atoms with van der Waals surface area (Å²) in [7, 11) is 0. The number of rotatable bonds is 2. The number of piperidine rings is 1. The summed E-state index contributed by atoms with van der Waals surface area (Å²) in [6.07, 6.45) is 3.98. The average molecular weight is 195 g/mol. The van der Waals surface area contributed by atoms with Crippen LogP contribution in [-0.4, -0.2) is 29.7 Å². The van der Waals surface area contributed by atoms with Gasteiger partial charge in [-0.1, -0.05) is 12.1 Å². The van der Waals surface area contributed by atoms with Crippen LogP contribution >= 0.6 is 0 Å². The second kappa shape index (κ2) is 4.00. The molecule has 78 valence electrons. The lowest BCUT2D eigenvalue weighted by atomic mass is 9.95. The van der Waals surface area contributed by atoms with Crippen molar-refractivity contribution in [3.63, 3.8) is 0 Å². The molecular weight excluding hydrogens is 178 g/mol. The van der Waals surface area contributed by atoms with Gasteiger partial charge in [0.2, 0.25) is 0 Å². The predicted octanol–water partition coefficient (Wildman–Crippen LogP) is 1.46. The molecule has 0 aromatic carbocycles. The maximum atomic E-state index is 5.78. The van der Waals surface area contributed by atoms with Gasteiger partial charge in [0, 0.05) is 12.5 Å². The second-order valence-corrected chi connectivity index (χ2v) is 3.88. The zero-order valence-electron chi connectivity index (χ0n) is 8.57. The lowest BCUT2D eigenvalue weighted by Crippen LogP contribution is -2.34. The molecule has 2 rings (SSSR count). The van der Waals surface area contributed by atoms with E-state index in [4.69, 9.17) is 10.3 Å². The van der Waals surface area contributed by atoms with E-state index in [1.165, 1.54) is 13.0 Å². The summed E-state index contributed by atoms with van der Waals surface area (Å²) in [5.74, 6) is 1.31. The van der Waals surface area contributed by atoms with Gasteiger partial charge in [-0.2, -0.15) is 0 Å². The van der Waals surface area contributed by atoms with Crippen LogP contribution in [0.5, 0.6) is 0 Å². The highest BCUT2D eigenvalue weighted by Crippen LogP contribution is 2.29. The van der Waals surface area contributed by atoms with Crippen molar-refractivity contribution in [3.05, 3.63) is 12.0 Å². The highest BCUT2D eigenvalue weighted by atomic mass is 16.5. The first-order valence-electron chi connectivity index (χ1n) is 5.23. The third kappa shape index (κ3) is 1.75. The molecule has 0 aliphatic carbocycles. The highest BCUT2D eigenvalue weighted by molar-refractivity contribution is 5.40.